The SMILES string of the molecule is CC(C)(C)OC(=O)NCCCCCC(=O)N[C@@H](CCCCNC(=O)CCCCCNC(=O)CCCC[C@@H]1SC[C@@H]2NC(=O)N[C@@H]21)C(=O)NCCSS(C)(=O)=O. The standard InChI is InChI=1S/C36H65N7O9S3/c1-36(2,3)52-35(49)40-22-13-6-8-19-31(46)41-26(33(47)39-23-24-54-55(4,50)51)15-11-14-21-38-29(44)17-7-5-12-20-37-30(45)18-10-9-16-28-32-27(25-53-28)42-34(48)43-32/h26-28,32H,5-25H2,1-4H3,(H,37,45)(H,38,44)(H,39,47)(H,40,49)(H,41,46)(H2,42,43,48)/t26-,27-,28-,32-/m0/s1. The molecule has 7 amide bonds. The maximum absolute atomic E-state index is 12.9. The molecule has 316 valence electrons. The van der Waals surface area contributed by atoms with Crippen molar-refractivity contribution in [2.24, 2.45) is 0 Å². The maximum atomic E-state index is 12.9. The molecule has 2 saturated heterocycles. The van der Waals surface area contributed by atoms with Gasteiger partial charge in [-0.25, -0.2) is 18.0 Å². The van der Waals surface area contributed by atoms with Crippen molar-refractivity contribution >= 4 is 67.2 Å². The van der Waals surface area contributed by atoms with E-state index in [1.807, 2.05) is 11.8 Å². The van der Waals surface area contributed by atoms with Gasteiger partial charge in [0.05, 0.1) is 12.1 Å². The second kappa shape index (κ2) is 26.1. The third-order valence-electron chi connectivity index (χ3n) is 8.82. The number of hydrogen-bond acceptors (Lipinski definition) is 11. The first kappa shape index (κ1) is 48.2. The van der Waals surface area contributed by atoms with Gasteiger partial charge in [0.25, 0.3) is 0 Å². The summed E-state index contributed by atoms with van der Waals surface area (Å²) in [6.45, 7) is 6.94. The lowest BCUT2D eigenvalue weighted by molar-refractivity contribution is -0.129. The van der Waals surface area contributed by atoms with Crippen LogP contribution in [-0.2, 0) is 32.8 Å². The Morgan fingerprint density at radius 3 is 1.98 bits per heavy atom. The Bertz CT molecular complexity index is 1350. The summed E-state index contributed by atoms with van der Waals surface area (Å²) in [5.41, 5.74) is -0.576. The summed E-state index contributed by atoms with van der Waals surface area (Å²) < 4.78 is 28.0. The van der Waals surface area contributed by atoms with E-state index in [9.17, 15) is 37.2 Å². The average Bonchev–Trinajstić information content (AvgIpc) is 3.65. The summed E-state index contributed by atoms with van der Waals surface area (Å²) in [4.78, 5) is 73.3. The molecular formula is C36H65N7O9S3. The van der Waals surface area contributed by atoms with Crippen molar-refractivity contribution in [1.82, 2.24) is 37.2 Å². The smallest absolute Gasteiger partial charge is 0.407 e. The Hall–Kier alpha value is -2.93. The van der Waals surface area contributed by atoms with Gasteiger partial charge in [-0.3, -0.25) is 19.2 Å². The van der Waals surface area contributed by atoms with Crippen molar-refractivity contribution in [3.63, 3.8) is 0 Å². The van der Waals surface area contributed by atoms with E-state index in [4.69, 9.17) is 4.74 Å². The van der Waals surface area contributed by atoms with Crippen LogP contribution in [0.15, 0.2) is 0 Å². The minimum absolute atomic E-state index is 0.0392. The van der Waals surface area contributed by atoms with Crippen LogP contribution in [0.2, 0.25) is 0 Å². The number of thioether (sulfide) groups is 1. The van der Waals surface area contributed by atoms with Crippen LogP contribution in [0.4, 0.5) is 9.59 Å². The van der Waals surface area contributed by atoms with E-state index in [2.05, 4.69) is 37.2 Å². The first-order chi connectivity index (χ1) is 26.0. The molecule has 0 saturated carbocycles. The van der Waals surface area contributed by atoms with Crippen LogP contribution >= 0.6 is 22.6 Å². The summed E-state index contributed by atoms with van der Waals surface area (Å²) in [6.07, 6.45) is 10.2. The summed E-state index contributed by atoms with van der Waals surface area (Å²) >= 11 is 1.88. The summed E-state index contributed by atoms with van der Waals surface area (Å²) in [7, 11) is -2.50. The van der Waals surface area contributed by atoms with Gasteiger partial charge in [0.1, 0.15) is 11.6 Å². The average molecular weight is 836 g/mol. The van der Waals surface area contributed by atoms with Crippen molar-refractivity contribution in [2.75, 3.05) is 43.9 Å². The van der Waals surface area contributed by atoms with Crippen LogP contribution in [0.5, 0.6) is 0 Å². The van der Waals surface area contributed by atoms with Gasteiger partial charge in [0, 0.05) is 68.5 Å². The second-order valence-electron chi connectivity index (χ2n) is 15.1. The van der Waals surface area contributed by atoms with Gasteiger partial charge >= 0.3 is 12.1 Å². The predicted octanol–water partition coefficient (Wildman–Crippen LogP) is 3.05. The third-order valence-corrected chi connectivity index (χ3v) is 12.9. The first-order valence-corrected chi connectivity index (χ1v) is 24.1. The van der Waals surface area contributed by atoms with Crippen LogP contribution in [0, 0.1) is 0 Å². The number of urea groups is 1. The number of hydrogen-bond donors (Lipinski definition) is 7. The molecule has 4 atom stereocenters. The van der Waals surface area contributed by atoms with Gasteiger partial charge < -0.3 is 42.0 Å². The zero-order chi connectivity index (χ0) is 40.7. The minimum atomic E-state index is -3.24. The topological polar surface area (TPSA) is 230 Å². The molecule has 2 fully saturated rings. The number of carbonyl (C=O) groups excluding carboxylic acids is 6. The van der Waals surface area contributed by atoms with E-state index in [1.165, 1.54) is 0 Å². The third kappa shape index (κ3) is 23.7. The Morgan fingerprint density at radius 2 is 1.36 bits per heavy atom. The van der Waals surface area contributed by atoms with Gasteiger partial charge in [0.15, 0.2) is 8.87 Å². The molecule has 55 heavy (non-hydrogen) atoms. The van der Waals surface area contributed by atoms with Crippen molar-refractivity contribution in [2.45, 2.75) is 146 Å². The van der Waals surface area contributed by atoms with Crippen molar-refractivity contribution in [3.8, 4) is 0 Å². The van der Waals surface area contributed by atoms with E-state index >= 15 is 0 Å². The monoisotopic (exact) mass is 835 g/mol. The Kier molecular flexibility index (Phi) is 22.9. The van der Waals surface area contributed by atoms with E-state index in [-0.39, 0.29) is 60.5 Å². The molecule has 2 heterocycles. The van der Waals surface area contributed by atoms with Gasteiger partial charge in [-0.2, -0.15) is 11.8 Å². The minimum Gasteiger partial charge on any atom is -0.444 e. The highest BCUT2D eigenvalue weighted by atomic mass is 33.1. The quantitative estimate of drug-likeness (QED) is 0.0344. The fourth-order valence-corrected chi connectivity index (χ4v) is 9.28. The zero-order valence-electron chi connectivity index (χ0n) is 33.1. The highest BCUT2D eigenvalue weighted by Gasteiger charge is 2.42. The van der Waals surface area contributed by atoms with Gasteiger partial charge in [-0.1, -0.05) is 19.3 Å². The van der Waals surface area contributed by atoms with Crippen molar-refractivity contribution in [3.05, 3.63) is 0 Å². The lowest BCUT2D eigenvalue weighted by atomic mass is 10.0. The molecular weight excluding hydrogens is 771 g/mol. The van der Waals surface area contributed by atoms with Crippen LogP contribution in [0.3, 0.4) is 0 Å². The first-order valence-electron chi connectivity index (χ1n) is 19.6. The Balaban J connectivity index is 1.55. The molecule has 0 aromatic carbocycles. The Morgan fingerprint density at radius 1 is 0.782 bits per heavy atom. The molecule has 0 bridgehead atoms. The van der Waals surface area contributed by atoms with E-state index in [0.717, 1.165) is 54.9 Å². The normalized spacial score (nSPS) is 18.3. The molecule has 2 rings (SSSR count). The molecule has 0 aromatic heterocycles. The van der Waals surface area contributed by atoms with Gasteiger partial charge in [-0.05, 0) is 89.4 Å². The highest BCUT2D eigenvalue weighted by molar-refractivity contribution is 8.71. The van der Waals surface area contributed by atoms with Crippen molar-refractivity contribution in [1.29, 1.82) is 0 Å². The molecule has 19 heteroatoms. The van der Waals surface area contributed by atoms with Crippen LogP contribution in [-0.4, -0.2) is 117 Å². The molecule has 2 aliphatic heterocycles. The maximum Gasteiger partial charge on any atom is 0.407 e. The number of amides is 7. The zero-order valence-corrected chi connectivity index (χ0v) is 35.5. The number of carbonyl (C=O) groups is 6. The predicted molar refractivity (Wildman–Crippen MR) is 217 cm³/mol. The van der Waals surface area contributed by atoms with Gasteiger partial charge in [-0.15, -0.1) is 0 Å². The molecule has 0 spiro atoms. The largest absolute Gasteiger partial charge is 0.444 e. The van der Waals surface area contributed by atoms with E-state index in [1.54, 1.807) is 20.8 Å². The van der Waals surface area contributed by atoms with Crippen molar-refractivity contribution < 1.29 is 41.9 Å². The fourth-order valence-electron chi connectivity index (χ4n) is 6.09. The summed E-state index contributed by atoms with van der Waals surface area (Å²) in [5, 5.41) is 20.4. The summed E-state index contributed by atoms with van der Waals surface area (Å²) in [5.74, 6) is 0.439. The van der Waals surface area contributed by atoms with E-state index < -0.39 is 26.6 Å². The lowest BCUT2D eigenvalue weighted by Crippen LogP contribution is -2.47. The molecule has 7 N–H and O–H groups in total. The molecule has 2 aliphatic rings. The highest BCUT2D eigenvalue weighted by Crippen LogP contribution is 2.33. The molecule has 16 nitrogen and oxygen atoms in total. The number of nitrogens with one attached hydrogen (secondary N) is 7. The summed E-state index contributed by atoms with van der Waals surface area (Å²) in [6, 6.07) is -0.466. The van der Waals surface area contributed by atoms with E-state index in [0.29, 0.717) is 82.7 Å². The number of fused-ring (bicyclic) bond motifs is 1. The van der Waals surface area contributed by atoms with Crippen LogP contribution in [0.1, 0.15) is 117 Å². The number of rotatable bonds is 28. The van der Waals surface area contributed by atoms with Gasteiger partial charge in [0.2, 0.25) is 23.6 Å². The molecule has 0 radical (unpaired) electrons. The lowest BCUT2D eigenvalue weighted by Gasteiger charge is -2.19. The molecule has 0 aliphatic carbocycles. The molecule has 0 unspecified atom stereocenters. The van der Waals surface area contributed by atoms with Crippen LogP contribution in [0.25, 0.3) is 0 Å². The Labute approximate surface area is 335 Å². The van der Waals surface area contributed by atoms with Crippen LogP contribution < -0.4 is 37.2 Å². The fraction of sp³-hybridized carbons (Fsp3) is 0.833. The second-order valence-corrected chi connectivity index (χ2v) is 20.9. The number of ether oxygens (including phenoxy) is 1. The number of alkyl carbamates (subject to hydrolysis) is 1. The molecule has 0 aromatic rings. The number of unbranched alkanes of at least 4 members (excludes halogenated alkanes) is 6.